The summed E-state index contributed by atoms with van der Waals surface area (Å²) in [5, 5.41) is 6.49. The van der Waals surface area contributed by atoms with Gasteiger partial charge in [-0.05, 0) is 38.3 Å². The average molecular weight is 495 g/mol. The molecule has 0 aliphatic heterocycles. The molecule has 0 aliphatic rings. The Labute approximate surface area is 178 Å². The van der Waals surface area contributed by atoms with E-state index in [1.54, 1.807) is 0 Å². The van der Waals surface area contributed by atoms with Crippen molar-refractivity contribution in [2.24, 2.45) is 10.9 Å². The predicted octanol–water partition coefficient (Wildman–Crippen LogP) is 3.42. The third-order valence-corrected chi connectivity index (χ3v) is 5.11. The molecule has 2 unspecified atom stereocenters. The Morgan fingerprint density at radius 3 is 2.46 bits per heavy atom. The van der Waals surface area contributed by atoms with Crippen LogP contribution in [0, 0.1) is 5.92 Å². The lowest BCUT2D eigenvalue weighted by Gasteiger charge is -2.20. The number of nitrogens with zero attached hydrogens (tertiary/aromatic N) is 1. The fraction of sp³-hybridized carbons (Fsp3) is 0.632. The van der Waals surface area contributed by atoms with Crippen molar-refractivity contribution in [3.63, 3.8) is 0 Å². The van der Waals surface area contributed by atoms with Crippen molar-refractivity contribution in [1.29, 1.82) is 0 Å². The SMILES string of the molecule is CCNC(=NCCC(OCC)C(C)C)NCCS(=O)c1ccccc1.I. The zero-order chi connectivity index (χ0) is 18.5. The van der Waals surface area contributed by atoms with Gasteiger partial charge in [-0.15, -0.1) is 24.0 Å². The van der Waals surface area contributed by atoms with E-state index < -0.39 is 10.8 Å². The van der Waals surface area contributed by atoms with Crippen LogP contribution in [0.2, 0.25) is 0 Å². The summed E-state index contributed by atoms with van der Waals surface area (Å²) < 4.78 is 18.0. The lowest BCUT2D eigenvalue weighted by atomic mass is 10.0. The van der Waals surface area contributed by atoms with Gasteiger partial charge < -0.3 is 15.4 Å². The predicted molar refractivity (Wildman–Crippen MR) is 122 cm³/mol. The fourth-order valence-electron chi connectivity index (χ4n) is 2.42. The molecule has 0 amide bonds. The maximum Gasteiger partial charge on any atom is 0.191 e. The van der Waals surface area contributed by atoms with Crippen LogP contribution in [0.25, 0.3) is 0 Å². The van der Waals surface area contributed by atoms with Gasteiger partial charge in [0.2, 0.25) is 0 Å². The first kappa shape index (κ1) is 25.3. The summed E-state index contributed by atoms with van der Waals surface area (Å²) in [6.07, 6.45) is 1.14. The van der Waals surface area contributed by atoms with Gasteiger partial charge in [-0.25, -0.2) is 0 Å². The molecule has 2 atom stereocenters. The van der Waals surface area contributed by atoms with Crippen LogP contribution >= 0.6 is 24.0 Å². The van der Waals surface area contributed by atoms with Crippen molar-refractivity contribution in [1.82, 2.24) is 10.6 Å². The smallest absolute Gasteiger partial charge is 0.191 e. The number of ether oxygens (including phenoxy) is 1. The van der Waals surface area contributed by atoms with Crippen molar-refractivity contribution in [3.8, 4) is 0 Å². The number of hydrogen-bond donors (Lipinski definition) is 2. The second-order valence-corrected chi connectivity index (χ2v) is 7.65. The first-order valence-corrected chi connectivity index (χ1v) is 10.5. The molecule has 0 saturated heterocycles. The molecule has 26 heavy (non-hydrogen) atoms. The van der Waals surface area contributed by atoms with E-state index in [1.165, 1.54) is 0 Å². The van der Waals surface area contributed by atoms with Crippen molar-refractivity contribution in [2.75, 3.05) is 32.0 Å². The molecule has 0 radical (unpaired) electrons. The molecule has 0 fully saturated rings. The normalized spacial score (nSPS) is 13.8. The summed E-state index contributed by atoms with van der Waals surface area (Å²) in [6, 6.07) is 9.55. The number of aliphatic imine (C=N–C) groups is 1. The summed E-state index contributed by atoms with van der Waals surface area (Å²) in [5.41, 5.74) is 0. The molecule has 1 rings (SSSR count). The van der Waals surface area contributed by atoms with Crippen LogP contribution in [0.3, 0.4) is 0 Å². The third kappa shape index (κ3) is 10.5. The van der Waals surface area contributed by atoms with Crippen molar-refractivity contribution >= 4 is 40.7 Å². The van der Waals surface area contributed by atoms with Gasteiger partial charge in [0.1, 0.15) is 0 Å². The Balaban J connectivity index is 0.00000625. The van der Waals surface area contributed by atoms with E-state index in [0.717, 1.165) is 30.4 Å². The third-order valence-electron chi connectivity index (χ3n) is 3.74. The number of guanidine groups is 1. The van der Waals surface area contributed by atoms with Gasteiger partial charge >= 0.3 is 0 Å². The van der Waals surface area contributed by atoms with Crippen LogP contribution in [0.1, 0.15) is 34.1 Å². The fourth-order valence-corrected chi connectivity index (χ4v) is 3.40. The van der Waals surface area contributed by atoms with E-state index in [0.29, 0.717) is 24.8 Å². The second-order valence-electron chi connectivity index (χ2n) is 6.08. The second kappa shape index (κ2) is 15.4. The summed E-state index contributed by atoms with van der Waals surface area (Å²) in [6.45, 7) is 11.3. The lowest BCUT2D eigenvalue weighted by Crippen LogP contribution is -2.39. The molecular formula is C19H34IN3O2S. The molecule has 0 aliphatic carbocycles. The maximum atomic E-state index is 12.2. The quantitative estimate of drug-likeness (QED) is 0.281. The molecule has 5 nitrogen and oxygen atoms in total. The van der Waals surface area contributed by atoms with Gasteiger partial charge in [-0.2, -0.15) is 0 Å². The highest BCUT2D eigenvalue weighted by atomic mass is 127. The van der Waals surface area contributed by atoms with E-state index in [4.69, 9.17) is 4.74 Å². The molecule has 0 heterocycles. The van der Waals surface area contributed by atoms with E-state index in [1.807, 2.05) is 44.2 Å². The maximum absolute atomic E-state index is 12.2. The number of halogens is 1. The van der Waals surface area contributed by atoms with Gasteiger partial charge in [0.05, 0.1) is 16.9 Å². The van der Waals surface area contributed by atoms with E-state index in [9.17, 15) is 4.21 Å². The van der Waals surface area contributed by atoms with Gasteiger partial charge in [0.25, 0.3) is 0 Å². The van der Waals surface area contributed by atoms with Gasteiger partial charge in [0, 0.05) is 36.9 Å². The summed E-state index contributed by atoms with van der Waals surface area (Å²) in [4.78, 5) is 5.47. The lowest BCUT2D eigenvalue weighted by molar-refractivity contribution is 0.0266. The molecular weight excluding hydrogens is 461 g/mol. The van der Waals surface area contributed by atoms with E-state index >= 15 is 0 Å². The Hall–Kier alpha value is -0.670. The molecule has 0 saturated carbocycles. The van der Waals surface area contributed by atoms with E-state index in [2.05, 4.69) is 29.5 Å². The van der Waals surface area contributed by atoms with Crippen LogP contribution in [-0.4, -0.2) is 48.3 Å². The monoisotopic (exact) mass is 495 g/mol. The summed E-state index contributed by atoms with van der Waals surface area (Å²) >= 11 is 0. The highest BCUT2D eigenvalue weighted by molar-refractivity contribution is 14.0. The minimum atomic E-state index is -0.991. The largest absolute Gasteiger partial charge is 0.378 e. The minimum absolute atomic E-state index is 0. The highest BCUT2D eigenvalue weighted by Crippen LogP contribution is 2.10. The molecule has 0 spiro atoms. The van der Waals surface area contributed by atoms with E-state index in [-0.39, 0.29) is 30.1 Å². The number of nitrogens with one attached hydrogen (secondary N) is 2. The molecule has 0 bridgehead atoms. The van der Waals surface area contributed by atoms with Crippen molar-refractivity contribution in [2.45, 2.75) is 45.1 Å². The van der Waals surface area contributed by atoms with Gasteiger partial charge in [-0.3, -0.25) is 9.20 Å². The topological polar surface area (TPSA) is 62.7 Å². The first-order chi connectivity index (χ1) is 12.1. The van der Waals surface area contributed by atoms with Crippen LogP contribution in [0.4, 0.5) is 0 Å². The Kier molecular flexibility index (Phi) is 15.0. The zero-order valence-electron chi connectivity index (χ0n) is 16.4. The molecule has 2 N–H and O–H groups in total. The number of hydrogen-bond acceptors (Lipinski definition) is 3. The van der Waals surface area contributed by atoms with Crippen LogP contribution in [-0.2, 0) is 15.5 Å². The average Bonchev–Trinajstić information content (AvgIpc) is 2.61. The molecule has 7 heteroatoms. The van der Waals surface area contributed by atoms with Crippen LogP contribution in [0.15, 0.2) is 40.2 Å². The van der Waals surface area contributed by atoms with Gasteiger partial charge in [-0.1, -0.05) is 32.0 Å². The Bertz CT molecular complexity index is 527. The van der Waals surface area contributed by atoms with Crippen molar-refractivity contribution in [3.05, 3.63) is 30.3 Å². The Morgan fingerprint density at radius 2 is 1.88 bits per heavy atom. The zero-order valence-corrected chi connectivity index (χ0v) is 19.5. The summed E-state index contributed by atoms with van der Waals surface area (Å²) in [7, 11) is -0.991. The number of rotatable bonds is 11. The molecule has 1 aromatic rings. The number of benzene rings is 1. The van der Waals surface area contributed by atoms with Crippen LogP contribution in [0.5, 0.6) is 0 Å². The first-order valence-electron chi connectivity index (χ1n) is 9.15. The summed E-state index contributed by atoms with van der Waals surface area (Å²) in [5.74, 6) is 1.81. The van der Waals surface area contributed by atoms with Crippen molar-refractivity contribution < 1.29 is 8.95 Å². The Morgan fingerprint density at radius 1 is 1.19 bits per heavy atom. The molecule has 0 aromatic heterocycles. The van der Waals surface area contributed by atoms with Crippen LogP contribution < -0.4 is 10.6 Å². The molecule has 1 aromatic carbocycles. The van der Waals surface area contributed by atoms with Gasteiger partial charge in [0.15, 0.2) is 5.96 Å². The molecule has 150 valence electrons. The standard InChI is InChI=1S/C19H33N3O2S.HI/c1-5-20-19(21-13-12-18(16(3)4)24-6-2)22-14-15-25(23)17-10-8-7-9-11-17;/h7-11,16,18H,5-6,12-15H2,1-4H3,(H2,20,21,22);1H. The highest BCUT2D eigenvalue weighted by Gasteiger charge is 2.12. The minimum Gasteiger partial charge on any atom is -0.378 e.